The van der Waals surface area contributed by atoms with Gasteiger partial charge in [0, 0.05) is 29.4 Å². The van der Waals surface area contributed by atoms with Crippen molar-refractivity contribution in [1.29, 1.82) is 0 Å². The van der Waals surface area contributed by atoms with E-state index in [1.54, 1.807) is 0 Å². The van der Waals surface area contributed by atoms with Crippen molar-refractivity contribution in [2.24, 2.45) is 0 Å². The third kappa shape index (κ3) is 4.03. The van der Waals surface area contributed by atoms with E-state index in [0.717, 1.165) is 51.6 Å². The predicted octanol–water partition coefficient (Wildman–Crippen LogP) is 6.43. The maximum atomic E-state index is 11.9. The molecule has 2 aliphatic rings. The fraction of sp³-hybridized carbons (Fsp3) is 0.103. The van der Waals surface area contributed by atoms with Gasteiger partial charge in [-0.05, 0) is 22.3 Å². The normalized spacial score (nSPS) is 11.2. The minimum absolute atomic E-state index is 0.149. The smallest absolute Gasteiger partial charge is 0.194 e. The number of aliphatic hydroxyl groups excluding tert-OH is 1. The molecule has 160 valence electrons. The zero-order valence-electron chi connectivity index (χ0n) is 18.5. The summed E-state index contributed by atoms with van der Waals surface area (Å²) in [7, 11) is 1.00. The maximum Gasteiger partial charge on any atom is 0.194 e. The van der Waals surface area contributed by atoms with Gasteiger partial charge in [0.05, 0.1) is 0 Å². The van der Waals surface area contributed by atoms with Crippen LogP contribution in [0.2, 0.25) is 0 Å². The van der Waals surface area contributed by atoms with Gasteiger partial charge in [0.25, 0.3) is 0 Å². The molecule has 1 N–H and O–H groups in total. The Bertz CT molecular complexity index is 1060. The monoisotopic (exact) mass is 422 g/mol. The van der Waals surface area contributed by atoms with Gasteiger partial charge in [-0.2, -0.15) is 0 Å². The first kappa shape index (κ1) is 22.9. The molecule has 0 atom stereocenters. The van der Waals surface area contributed by atoms with E-state index < -0.39 is 0 Å². The molecule has 3 heteroatoms. The minimum Gasteiger partial charge on any atom is -0.400 e. The van der Waals surface area contributed by atoms with Gasteiger partial charge >= 0.3 is 0 Å². The van der Waals surface area contributed by atoms with Gasteiger partial charge in [0.1, 0.15) is 0 Å². The van der Waals surface area contributed by atoms with E-state index in [0.29, 0.717) is 0 Å². The predicted molar refractivity (Wildman–Crippen MR) is 130 cm³/mol. The summed E-state index contributed by atoms with van der Waals surface area (Å²) in [5.74, 6) is 0.299. The SMILES string of the molecule is CC.CO.O=C1c2ccccc2-c2ccccc21.O=C1c2ccccc2-c2ccccc21. The van der Waals surface area contributed by atoms with Crippen molar-refractivity contribution in [3.8, 4) is 22.3 Å². The Morgan fingerprint density at radius 2 is 0.531 bits per heavy atom. The highest BCUT2D eigenvalue weighted by atomic mass is 16.2. The van der Waals surface area contributed by atoms with Crippen LogP contribution in [0.15, 0.2) is 97.1 Å². The topological polar surface area (TPSA) is 54.4 Å². The molecule has 32 heavy (non-hydrogen) atoms. The molecular formula is C29H26O3. The average Bonchev–Trinajstić information content (AvgIpc) is 3.35. The molecule has 0 spiro atoms. The molecule has 3 nitrogen and oxygen atoms in total. The van der Waals surface area contributed by atoms with Crippen molar-refractivity contribution in [2.75, 3.05) is 7.11 Å². The van der Waals surface area contributed by atoms with Crippen LogP contribution >= 0.6 is 0 Å². The highest BCUT2D eigenvalue weighted by molar-refractivity contribution is 6.22. The fourth-order valence-electron chi connectivity index (χ4n) is 3.95. The van der Waals surface area contributed by atoms with Crippen LogP contribution in [0.25, 0.3) is 22.3 Å². The average molecular weight is 423 g/mol. The van der Waals surface area contributed by atoms with E-state index in [1.165, 1.54) is 0 Å². The lowest BCUT2D eigenvalue weighted by molar-refractivity contribution is 0.103. The fourth-order valence-corrected chi connectivity index (χ4v) is 3.95. The summed E-state index contributed by atoms with van der Waals surface area (Å²) < 4.78 is 0. The number of carbonyl (C=O) groups excluding carboxylic acids is 2. The molecule has 0 aromatic heterocycles. The van der Waals surface area contributed by atoms with Crippen LogP contribution in [0.5, 0.6) is 0 Å². The molecule has 0 saturated carbocycles. The zero-order valence-corrected chi connectivity index (χ0v) is 18.5. The summed E-state index contributed by atoms with van der Waals surface area (Å²) in [6.45, 7) is 4.00. The Labute approximate surface area is 189 Å². The number of hydrogen-bond donors (Lipinski definition) is 1. The molecule has 6 rings (SSSR count). The highest BCUT2D eigenvalue weighted by Crippen LogP contribution is 2.36. The molecule has 0 heterocycles. The molecule has 4 aromatic carbocycles. The molecule has 0 saturated heterocycles. The quantitative estimate of drug-likeness (QED) is 0.307. The van der Waals surface area contributed by atoms with Gasteiger partial charge in [-0.25, -0.2) is 0 Å². The molecule has 0 radical (unpaired) electrons. The second-order valence-corrected chi connectivity index (χ2v) is 6.84. The Kier molecular flexibility index (Phi) is 7.48. The second kappa shape index (κ2) is 10.5. The first-order valence-electron chi connectivity index (χ1n) is 10.7. The summed E-state index contributed by atoms with van der Waals surface area (Å²) >= 11 is 0. The van der Waals surface area contributed by atoms with Crippen LogP contribution in [-0.2, 0) is 0 Å². The molecule has 4 aromatic rings. The minimum atomic E-state index is 0.149. The third-order valence-corrected chi connectivity index (χ3v) is 5.27. The Balaban J connectivity index is 0.000000157. The van der Waals surface area contributed by atoms with Crippen molar-refractivity contribution < 1.29 is 14.7 Å². The number of fused-ring (bicyclic) bond motifs is 6. The maximum absolute atomic E-state index is 11.9. The van der Waals surface area contributed by atoms with E-state index in [-0.39, 0.29) is 11.6 Å². The van der Waals surface area contributed by atoms with Crippen LogP contribution < -0.4 is 0 Å². The van der Waals surface area contributed by atoms with Crippen LogP contribution in [0.3, 0.4) is 0 Å². The van der Waals surface area contributed by atoms with Crippen LogP contribution in [0, 0.1) is 0 Å². The molecule has 0 bridgehead atoms. The van der Waals surface area contributed by atoms with Crippen molar-refractivity contribution in [3.05, 3.63) is 119 Å². The van der Waals surface area contributed by atoms with Crippen LogP contribution in [0.1, 0.15) is 45.7 Å². The summed E-state index contributed by atoms with van der Waals surface area (Å²) in [6, 6.07) is 31.0. The largest absolute Gasteiger partial charge is 0.400 e. The lowest BCUT2D eigenvalue weighted by Crippen LogP contribution is -1.93. The molecule has 0 fully saturated rings. The number of benzene rings is 4. The van der Waals surface area contributed by atoms with Gasteiger partial charge in [-0.15, -0.1) is 0 Å². The lowest BCUT2D eigenvalue weighted by Gasteiger charge is -1.96. The molecular weight excluding hydrogens is 396 g/mol. The molecule has 0 unspecified atom stereocenters. The zero-order chi connectivity index (χ0) is 23.1. The van der Waals surface area contributed by atoms with E-state index in [4.69, 9.17) is 5.11 Å². The van der Waals surface area contributed by atoms with Crippen molar-refractivity contribution in [1.82, 2.24) is 0 Å². The van der Waals surface area contributed by atoms with Gasteiger partial charge in [0.15, 0.2) is 11.6 Å². The van der Waals surface area contributed by atoms with Gasteiger partial charge in [-0.3, -0.25) is 9.59 Å². The van der Waals surface area contributed by atoms with E-state index in [2.05, 4.69) is 0 Å². The number of ketones is 2. The van der Waals surface area contributed by atoms with Crippen LogP contribution in [-0.4, -0.2) is 23.8 Å². The van der Waals surface area contributed by atoms with Crippen molar-refractivity contribution in [3.63, 3.8) is 0 Å². The number of carbonyl (C=O) groups is 2. The van der Waals surface area contributed by atoms with E-state index in [1.807, 2.05) is 111 Å². The second-order valence-electron chi connectivity index (χ2n) is 6.84. The Hall–Kier alpha value is -3.82. The summed E-state index contributed by atoms with van der Waals surface area (Å²) in [5, 5.41) is 7.00. The van der Waals surface area contributed by atoms with E-state index >= 15 is 0 Å². The van der Waals surface area contributed by atoms with E-state index in [9.17, 15) is 9.59 Å². The Morgan fingerprint density at radius 1 is 0.375 bits per heavy atom. The summed E-state index contributed by atoms with van der Waals surface area (Å²) in [5.41, 5.74) is 7.56. The number of aliphatic hydroxyl groups is 1. The van der Waals surface area contributed by atoms with Gasteiger partial charge in [-0.1, -0.05) is 111 Å². The van der Waals surface area contributed by atoms with Gasteiger partial charge in [0.2, 0.25) is 0 Å². The van der Waals surface area contributed by atoms with Crippen LogP contribution in [0.4, 0.5) is 0 Å². The highest BCUT2D eigenvalue weighted by Gasteiger charge is 2.25. The van der Waals surface area contributed by atoms with Crippen molar-refractivity contribution in [2.45, 2.75) is 13.8 Å². The first-order valence-corrected chi connectivity index (χ1v) is 10.7. The molecule has 0 aliphatic heterocycles. The third-order valence-electron chi connectivity index (χ3n) is 5.27. The molecule has 0 amide bonds. The lowest BCUT2D eigenvalue weighted by atomic mass is 10.1. The van der Waals surface area contributed by atoms with Gasteiger partial charge < -0.3 is 5.11 Å². The summed E-state index contributed by atoms with van der Waals surface area (Å²) in [6.07, 6.45) is 0. The summed E-state index contributed by atoms with van der Waals surface area (Å²) in [4.78, 5) is 23.8. The number of hydrogen-bond acceptors (Lipinski definition) is 3. The first-order chi connectivity index (χ1) is 15.8. The number of rotatable bonds is 0. The molecule has 2 aliphatic carbocycles. The standard InChI is InChI=1S/2C13H8O.C2H6.CH4O/c2*14-13-11-7-3-1-5-9(11)10-6-2-4-8-12(10)13;2*1-2/h2*1-8H;1-2H3;2H,1H3. The van der Waals surface area contributed by atoms with Crippen molar-refractivity contribution >= 4 is 11.6 Å². The Morgan fingerprint density at radius 3 is 0.719 bits per heavy atom.